The Morgan fingerprint density at radius 1 is 1.00 bits per heavy atom. The summed E-state index contributed by atoms with van der Waals surface area (Å²) in [6.07, 6.45) is 0. The summed E-state index contributed by atoms with van der Waals surface area (Å²) in [5.41, 5.74) is 2.49. The maximum Gasteiger partial charge on any atom is 0.336 e. The second-order valence-electron chi connectivity index (χ2n) is 4.75. The smallest absolute Gasteiger partial charge is 0.336 e. The zero-order chi connectivity index (χ0) is 14.4. The molecule has 0 amide bonds. The Labute approximate surface area is 119 Å². The highest BCUT2D eigenvalue weighted by Gasteiger charge is 2.12. The molecule has 3 heteroatoms. The van der Waals surface area contributed by atoms with Crippen molar-refractivity contribution in [2.45, 2.75) is 20.0 Å². The van der Waals surface area contributed by atoms with Gasteiger partial charge in [0.15, 0.2) is 0 Å². The minimum absolute atomic E-state index is 0.388. The molecular weight excluding hydrogens is 250 g/mol. The molecule has 2 rings (SSSR count). The third-order valence-electron chi connectivity index (χ3n) is 3.34. The van der Waals surface area contributed by atoms with E-state index >= 15 is 0 Å². The van der Waals surface area contributed by atoms with Crippen molar-refractivity contribution in [1.29, 1.82) is 0 Å². The fourth-order valence-corrected chi connectivity index (χ4v) is 2.23. The van der Waals surface area contributed by atoms with E-state index in [0.29, 0.717) is 12.1 Å². The molecule has 0 unspecified atom stereocenters. The first-order chi connectivity index (χ1) is 9.70. The van der Waals surface area contributed by atoms with Gasteiger partial charge in [-0.25, -0.2) is 4.79 Å². The number of carbonyl (C=O) groups is 1. The molecule has 0 aliphatic rings. The van der Waals surface area contributed by atoms with Gasteiger partial charge in [0, 0.05) is 13.1 Å². The van der Waals surface area contributed by atoms with Gasteiger partial charge in [-0.05, 0) is 23.7 Å². The number of carboxylic acid groups (broad SMARTS) is 1. The van der Waals surface area contributed by atoms with Gasteiger partial charge in [0.05, 0.1) is 5.56 Å². The largest absolute Gasteiger partial charge is 0.478 e. The van der Waals surface area contributed by atoms with Crippen LogP contribution >= 0.6 is 0 Å². The van der Waals surface area contributed by atoms with Crippen LogP contribution in [0.25, 0.3) is 0 Å². The lowest BCUT2D eigenvalue weighted by Crippen LogP contribution is -2.23. The van der Waals surface area contributed by atoms with Crippen LogP contribution in [0.4, 0.5) is 0 Å². The number of nitrogens with zero attached hydrogens (tertiary/aromatic N) is 1. The highest BCUT2D eigenvalue weighted by Crippen LogP contribution is 2.14. The van der Waals surface area contributed by atoms with Gasteiger partial charge in [0.25, 0.3) is 0 Å². The first-order valence-electron chi connectivity index (χ1n) is 6.78. The van der Waals surface area contributed by atoms with E-state index in [-0.39, 0.29) is 0 Å². The van der Waals surface area contributed by atoms with Gasteiger partial charge < -0.3 is 5.11 Å². The van der Waals surface area contributed by atoms with Crippen LogP contribution in [0.3, 0.4) is 0 Å². The summed E-state index contributed by atoms with van der Waals surface area (Å²) in [6.45, 7) is 4.44. The molecule has 0 aromatic heterocycles. The van der Waals surface area contributed by atoms with E-state index in [9.17, 15) is 9.90 Å². The molecule has 0 bridgehead atoms. The Hall–Kier alpha value is -2.13. The van der Waals surface area contributed by atoms with Crippen molar-refractivity contribution in [3.8, 4) is 0 Å². The van der Waals surface area contributed by atoms with Crippen molar-refractivity contribution < 1.29 is 9.90 Å². The van der Waals surface area contributed by atoms with Gasteiger partial charge in [-0.1, -0.05) is 55.5 Å². The number of benzene rings is 2. The maximum atomic E-state index is 11.2. The molecule has 0 fully saturated rings. The lowest BCUT2D eigenvalue weighted by Gasteiger charge is -2.21. The molecule has 3 nitrogen and oxygen atoms in total. The van der Waals surface area contributed by atoms with Crippen LogP contribution in [-0.2, 0) is 13.1 Å². The first-order valence-corrected chi connectivity index (χ1v) is 6.78. The highest BCUT2D eigenvalue weighted by atomic mass is 16.4. The average Bonchev–Trinajstić information content (AvgIpc) is 2.48. The van der Waals surface area contributed by atoms with Crippen LogP contribution in [0.5, 0.6) is 0 Å². The predicted molar refractivity (Wildman–Crippen MR) is 79.6 cm³/mol. The molecule has 0 radical (unpaired) electrons. The second kappa shape index (κ2) is 6.87. The molecule has 104 valence electrons. The van der Waals surface area contributed by atoms with E-state index in [2.05, 4.69) is 24.0 Å². The van der Waals surface area contributed by atoms with Crippen molar-refractivity contribution in [1.82, 2.24) is 4.90 Å². The molecule has 20 heavy (non-hydrogen) atoms. The molecule has 0 aliphatic heterocycles. The molecule has 0 heterocycles. The molecule has 1 N–H and O–H groups in total. The third kappa shape index (κ3) is 3.68. The van der Waals surface area contributed by atoms with Gasteiger partial charge in [-0.15, -0.1) is 0 Å². The molecule has 2 aromatic carbocycles. The van der Waals surface area contributed by atoms with Crippen LogP contribution < -0.4 is 0 Å². The average molecular weight is 269 g/mol. The Morgan fingerprint density at radius 2 is 1.65 bits per heavy atom. The zero-order valence-electron chi connectivity index (χ0n) is 11.6. The Kier molecular flexibility index (Phi) is 4.91. The van der Waals surface area contributed by atoms with E-state index in [1.165, 1.54) is 5.56 Å². The molecule has 0 aliphatic carbocycles. The SMILES string of the molecule is CCN(Cc1ccccc1)Cc1ccccc1C(=O)O. The Morgan fingerprint density at radius 3 is 2.30 bits per heavy atom. The van der Waals surface area contributed by atoms with Crippen molar-refractivity contribution >= 4 is 5.97 Å². The van der Waals surface area contributed by atoms with Crippen molar-refractivity contribution in [3.63, 3.8) is 0 Å². The number of hydrogen-bond acceptors (Lipinski definition) is 2. The quantitative estimate of drug-likeness (QED) is 0.873. The van der Waals surface area contributed by atoms with E-state index < -0.39 is 5.97 Å². The van der Waals surface area contributed by atoms with Gasteiger partial charge in [0.1, 0.15) is 0 Å². The van der Waals surface area contributed by atoms with Crippen molar-refractivity contribution in [2.75, 3.05) is 6.54 Å². The van der Waals surface area contributed by atoms with Gasteiger partial charge in [-0.2, -0.15) is 0 Å². The van der Waals surface area contributed by atoms with E-state index in [1.807, 2.05) is 30.3 Å². The minimum atomic E-state index is -0.864. The number of carboxylic acids is 1. The van der Waals surface area contributed by atoms with Crippen molar-refractivity contribution in [3.05, 3.63) is 71.3 Å². The Bertz CT molecular complexity index is 566. The summed E-state index contributed by atoms with van der Waals surface area (Å²) < 4.78 is 0. The monoisotopic (exact) mass is 269 g/mol. The van der Waals surface area contributed by atoms with Crippen LogP contribution in [0.2, 0.25) is 0 Å². The zero-order valence-corrected chi connectivity index (χ0v) is 11.6. The molecular formula is C17H19NO2. The summed E-state index contributed by atoms with van der Waals surface area (Å²) in [5.74, 6) is -0.864. The van der Waals surface area contributed by atoms with Crippen LogP contribution in [0.15, 0.2) is 54.6 Å². The summed E-state index contributed by atoms with van der Waals surface area (Å²) in [7, 11) is 0. The van der Waals surface area contributed by atoms with Crippen LogP contribution in [0.1, 0.15) is 28.4 Å². The lowest BCUT2D eigenvalue weighted by atomic mass is 10.1. The highest BCUT2D eigenvalue weighted by molar-refractivity contribution is 5.89. The molecule has 0 saturated heterocycles. The van der Waals surface area contributed by atoms with Crippen molar-refractivity contribution in [2.24, 2.45) is 0 Å². The van der Waals surface area contributed by atoms with Gasteiger partial charge in [-0.3, -0.25) is 4.90 Å². The molecule has 0 spiro atoms. The summed E-state index contributed by atoms with van der Waals surface area (Å²) in [4.78, 5) is 13.5. The lowest BCUT2D eigenvalue weighted by molar-refractivity contribution is 0.0694. The molecule has 2 aromatic rings. The third-order valence-corrected chi connectivity index (χ3v) is 3.34. The molecule has 0 saturated carbocycles. The fourth-order valence-electron chi connectivity index (χ4n) is 2.23. The minimum Gasteiger partial charge on any atom is -0.478 e. The van der Waals surface area contributed by atoms with Gasteiger partial charge in [0.2, 0.25) is 0 Å². The van der Waals surface area contributed by atoms with E-state index in [1.54, 1.807) is 12.1 Å². The number of aromatic carboxylic acids is 1. The maximum absolute atomic E-state index is 11.2. The molecule has 0 atom stereocenters. The topological polar surface area (TPSA) is 40.5 Å². The van der Waals surface area contributed by atoms with E-state index in [0.717, 1.165) is 18.7 Å². The summed E-state index contributed by atoms with van der Waals surface area (Å²) in [6, 6.07) is 17.4. The van der Waals surface area contributed by atoms with Gasteiger partial charge >= 0.3 is 5.97 Å². The van der Waals surface area contributed by atoms with E-state index in [4.69, 9.17) is 0 Å². The summed E-state index contributed by atoms with van der Waals surface area (Å²) >= 11 is 0. The summed E-state index contributed by atoms with van der Waals surface area (Å²) in [5, 5.41) is 9.22. The first kappa shape index (κ1) is 14.3. The standard InChI is InChI=1S/C17H19NO2/c1-2-18(12-14-8-4-3-5-9-14)13-15-10-6-7-11-16(15)17(19)20/h3-11H,2,12-13H2,1H3,(H,19,20). The fraction of sp³-hybridized carbons (Fsp3) is 0.235. The van der Waals surface area contributed by atoms with Crippen LogP contribution in [0, 0.1) is 0 Å². The predicted octanol–water partition coefficient (Wildman–Crippen LogP) is 3.41. The second-order valence-corrected chi connectivity index (χ2v) is 4.75. The number of hydrogen-bond donors (Lipinski definition) is 1. The normalized spacial score (nSPS) is 10.7. The van der Waals surface area contributed by atoms with Crippen LogP contribution in [-0.4, -0.2) is 22.5 Å². The Balaban J connectivity index is 2.13. The number of rotatable bonds is 6.